The topological polar surface area (TPSA) is 132 Å². The Bertz CT molecular complexity index is 1050. The van der Waals surface area contributed by atoms with Crippen molar-refractivity contribution in [2.24, 2.45) is 0 Å². The van der Waals surface area contributed by atoms with E-state index in [4.69, 9.17) is 9.84 Å². The van der Waals surface area contributed by atoms with Crippen molar-refractivity contribution in [3.8, 4) is 17.0 Å². The SMILES string of the molecule is O=C(COc1ccccc1C(=O)O)Nc1nc(-c2cccc([N+](=O)[O-])c2)cs1. The highest BCUT2D eigenvalue weighted by Crippen LogP contribution is 2.27. The number of rotatable bonds is 7. The molecule has 0 saturated carbocycles. The van der Waals surface area contributed by atoms with Crippen LogP contribution in [0.2, 0.25) is 0 Å². The molecule has 2 N–H and O–H groups in total. The van der Waals surface area contributed by atoms with Crippen LogP contribution < -0.4 is 10.1 Å². The molecule has 9 nitrogen and oxygen atoms in total. The van der Waals surface area contributed by atoms with Crippen LogP contribution in [-0.4, -0.2) is 33.5 Å². The molecular formula is C18H13N3O6S. The van der Waals surface area contributed by atoms with E-state index in [0.29, 0.717) is 16.4 Å². The maximum Gasteiger partial charge on any atom is 0.339 e. The number of carbonyl (C=O) groups is 2. The van der Waals surface area contributed by atoms with Gasteiger partial charge in [-0.2, -0.15) is 0 Å². The summed E-state index contributed by atoms with van der Waals surface area (Å²) in [5.74, 6) is -1.58. The first-order valence-electron chi connectivity index (χ1n) is 7.89. The molecule has 0 bridgehead atoms. The zero-order chi connectivity index (χ0) is 20.1. The van der Waals surface area contributed by atoms with E-state index in [9.17, 15) is 19.7 Å². The number of nitro groups is 1. The summed E-state index contributed by atoms with van der Waals surface area (Å²) in [6, 6.07) is 12.0. The highest BCUT2D eigenvalue weighted by molar-refractivity contribution is 7.14. The largest absolute Gasteiger partial charge is 0.483 e. The Morgan fingerprint density at radius 3 is 2.75 bits per heavy atom. The second-order valence-corrected chi connectivity index (χ2v) is 6.34. The van der Waals surface area contributed by atoms with Crippen molar-refractivity contribution in [1.82, 2.24) is 4.98 Å². The maximum absolute atomic E-state index is 12.0. The molecule has 1 heterocycles. The normalized spacial score (nSPS) is 10.3. The number of nitro benzene ring substituents is 1. The number of nitrogens with zero attached hydrogens (tertiary/aromatic N) is 2. The Labute approximate surface area is 162 Å². The summed E-state index contributed by atoms with van der Waals surface area (Å²) in [6.07, 6.45) is 0. The number of aromatic nitrogens is 1. The number of hydrogen-bond donors (Lipinski definition) is 2. The zero-order valence-corrected chi connectivity index (χ0v) is 15.0. The van der Waals surface area contributed by atoms with Gasteiger partial charge in [-0.05, 0) is 12.1 Å². The highest BCUT2D eigenvalue weighted by atomic mass is 32.1. The number of nitrogens with one attached hydrogen (secondary N) is 1. The van der Waals surface area contributed by atoms with Crippen molar-refractivity contribution in [2.75, 3.05) is 11.9 Å². The maximum atomic E-state index is 12.0. The lowest BCUT2D eigenvalue weighted by atomic mass is 10.1. The Kier molecular flexibility index (Phi) is 5.61. The van der Waals surface area contributed by atoms with Crippen LogP contribution in [0.5, 0.6) is 5.75 Å². The third-order valence-electron chi connectivity index (χ3n) is 3.58. The van der Waals surface area contributed by atoms with E-state index in [1.165, 1.54) is 24.3 Å². The molecule has 2 aromatic carbocycles. The molecule has 0 aliphatic carbocycles. The molecule has 0 radical (unpaired) electrons. The Morgan fingerprint density at radius 2 is 2.00 bits per heavy atom. The minimum atomic E-state index is -1.16. The fourth-order valence-electron chi connectivity index (χ4n) is 2.31. The van der Waals surface area contributed by atoms with Crippen molar-refractivity contribution >= 4 is 34.0 Å². The molecule has 1 aromatic heterocycles. The van der Waals surface area contributed by atoms with Crippen molar-refractivity contribution in [1.29, 1.82) is 0 Å². The van der Waals surface area contributed by atoms with E-state index in [2.05, 4.69) is 10.3 Å². The number of hydrogen-bond acceptors (Lipinski definition) is 7. The number of carbonyl (C=O) groups excluding carboxylic acids is 1. The van der Waals surface area contributed by atoms with Gasteiger partial charge in [-0.15, -0.1) is 11.3 Å². The molecule has 0 unspecified atom stereocenters. The quantitative estimate of drug-likeness (QED) is 0.459. The summed E-state index contributed by atoms with van der Waals surface area (Å²) >= 11 is 1.15. The van der Waals surface area contributed by atoms with Crippen molar-refractivity contribution < 1.29 is 24.4 Å². The molecule has 142 valence electrons. The average molecular weight is 399 g/mol. The van der Waals surface area contributed by atoms with Gasteiger partial charge in [0.15, 0.2) is 11.7 Å². The molecule has 0 atom stereocenters. The molecule has 28 heavy (non-hydrogen) atoms. The van der Waals surface area contributed by atoms with Gasteiger partial charge in [0, 0.05) is 23.1 Å². The van der Waals surface area contributed by atoms with Crippen LogP contribution in [0.1, 0.15) is 10.4 Å². The Balaban J connectivity index is 1.64. The van der Waals surface area contributed by atoms with Crippen molar-refractivity contribution in [3.05, 3.63) is 69.6 Å². The monoisotopic (exact) mass is 399 g/mol. The van der Waals surface area contributed by atoms with Crippen LogP contribution in [-0.2, 0) is 4.79 Å². The predicted molar refractivity (Wildman–Crippen MR) is 102 cm³/mol. The Morgan fingerprint density at radius 1 is 1.21 bits per heavy atom. The smallest absolute Gasteiger partial charge is 0.339 e. The molecule has 1 amide bonds. The number of aromatic carboxylic acids is 1. The van der Waals surface area contributed by atoms with Gasteiger partial charge in [0.1, 0.15) is 11.3 Å². The molecule has 0 aliphatic rings. The molecule has 0 aliphatic heterocycles. The number of carboxylic acids is 1. The van der Waals surface area contributed by atoms with Gasteiger partial charge in [0.05, 0.1) is 10.6 Å². The number of thiazole rings is 1. The summed E-state index contributed by atoms with van der Waals surface area (Å²) in [5, 5.41) is 24.5. The van der Waals surface area contributed by atoms with E-state index in [1.54, 1.807) is 29.6 Å². The van der Waals surface area contributed by atoms with Crippen molar-refractivity contribution in [3.63, 3.8) is 0 Å². The van der Waals surface area contributed by atoms with Crippen LogP contribution in [0.4, 0.5) is 10.8 Å². The summed E-state index contributed by atoms with van der Waals surface area (Å²) in [5.41, 5.74) is 0.942. The van der Waals surface area contributed by atoms with Gasteiger partial charge < -0.3 is 9.84 Å². The number of benzene rings is 2. The summed E-state index contributed by atoms with van der Waals surface area (Å²) in [7, 11) is 0. The number of carboxylic acid groups (broad SMARTS) is 1. The predicted octanol–water partition coefficient (Wildman–Crippen LogP) is 3.43. The lowest BCUT2D eigenvalue weighted by molar-refractivity contribution is -0.384. The zero-order valence-electron chi connectivity index (χ0n) is 14.2. The fraction of sp³-hybridized carbons (Fsp3) is 0.0556. The summed E-state index contributed by atoms with van der Waals surface area (Å²) in [4.78, 5) is 37.8. The lowest BCUT2D eigenvalue weighted by Gasteiger charge is -2.08. The molecule has 0 saturated heterocycles. The second kappa shape index (κ2) is 8.27. The number of non-ortho nitro benzene ring substituents is 1. The number of amides is 1. The molecule has 3 aromatic rings. The van der Waals surface area contributed by atoms with E-state index >= 15 is 0 Å². The van der Waals surface area contributed by atoms with Gasteiger partial charge in [-0.25, -0.2) is 9.78 Å². The van der Waals surface area contributed by atoms with Crippen LogP contribution in [0.25, 0.3) is 11.3 Å². The summed E-state index contributed by atoms with van der Waals surface area (Å²) in [6.45, 7) is -0.393. The van der Waals surface area contributed by atoms with Crippen LogP contribution >= 0.6 is 11.3 Å². The molecule has 10 heteroatoms. The third kappa shape index (κ3) is 4.48. The Hall–Kier alpha value is -3.79. The molecule has 0 spiro atoms. The lowest BCUT2D eigenvalue weighted by Crippen LogP contribution is -2.20. The molecule has 3 rings (SSSR count). The summed E-state index contributed by atoms with van der Waals surface area (Å²) < 4.78 is 5.27. The van der Waals surface area contributed by atoms with Crippen LogP contribution in [0, 0.1) is 10.1 Å². The van der Waals surface area contributed by atoms with E-state index in [1.807, 2.05) is 0 Å². The minimum absolute atomic E-state index is 0.0440. The number of para-hydroxylation sites is 1. The van der Waals surface area contributed by atoms with Gasteiger partial charge in [-0.1, -0.05) is 24.3 Å². The van der Waals surface area contributed by atoms with Gasteiger partial charge >= 0.3 is 5.97 Å². The highest BCUT2D eigenvalue weighted by Gasteiger charge is 2.14. The minimum Gasteiger partial charge on any atom is -0.483 e. The van der Waals surface area contributed by atoms with E-state index < -0.39 is 23.4 Å². The first kappa shape index (κ1) is 19.0. The second-order valence-electron chi connectivity index (χ2n) is 5.48. The molecular weight excluding hydrogens is 386 g/mol. The van der Waals surface area contributed by atoms with E-state index in [-0.39, 0.29) is 17.0 Å². The van der Waals surface area contributed by atoms with E-state index in [0.717, 1.165) is 11.3 Å². The van der Waals surface area contributed by atoms with Gasteiger partial charge in [0.2, 0.25) is 0 Å². The third-order valence-corrected chi connectivity index (χ3v) is 4.34. The first-order chi connectivity index (χ1) is 13.4. The van der Waals surface area contributed by atoms with Crippen LogP contribution in [0.3, 0.4) is 0 Å². The first-order valence-corrected chi connectivity index (χ1v) is 8.77. The van der Waals surface area contributed by atoms with Gasteiger partial charge in [0.25, 0.3) is 11.6 Å². The molecule has 0 fully saturated rings. The number of ether oxygens (including phenoxy) is 1. The fourth-order valence-corrected chi connectivity index (χ4v) is 3.05. The standard InChI is InChI=1S/C18H13N3O6S/c22-16(9-27-15-7-2-1-6-13(15)17(23)24)20-18-19-14(10-28-18)11-4-3-5-12(8-11)21(25)26/h1-8,10H,9H2,(H,23,24)(H,19,20,22). The van der Waals surface area contributed by atoms with Crippen LogP contribution in [0.15, 0.2) is 53.9 Å². The average Bonchev–Trinajstić information content (AvgIpc) is 3.15. The van der Waals surface area contributed by atoms with Crippen molar-refractivity contribution in [2.45, 2.75) is 0 Å². The number of anilines is 1. The van der Waals surface area contributed by atoms with Gasteiger partial charge in [-0.3, -0.25) is 20.2 Å².